The summed E-state index contributed by atoms with van der Waals surface area (Å²) in [7, 11) is -4.07. The van der Waals surface area contributed by atoms with Crippen LogP contribution >= 0.6 is 0 Å². The highest BCUT2D eigenvalue weighted by Crippen LogP contribution is 2.44. The van der Waals surface area contributed by atoms with E-state index in [-0.39, 0.29) is 34.1 Å². The van der Waals surface area contributed by atoms with Gasteiger partial charge in [0.25, 0.3) is 15.9 Å². The SMILES string of the molecule is Cc1cccc(C)c1-c1cc2nc(n1)NS(=O)(=O)c1cccc(c1)C(=O)N1CCN(C3CC(C(C)(C)C)C3)C[C@H](C1)O2. The zero-order chi connectivity index (χ0) is 29.8. The fourth-order valence-electron chi connectivity index (χ4n) is 6.39. The number of rotatable bonds is 2. The van der Waals surface area contributed by atoms with Crippen LogP contribution in [0.3, 0.4) is 0 Å². The lowest BCUT2D eigenvalue weighted by molar-refractivity contribution is 0.00935. The molecule has 9 nitrogen and oxygen atoms in total. The topological polar surface area (TPSA) is 105 Å². The molecule has 1 atom stereocenters. The van der Waals surface area contributed by atoms with E-state index >= 15 is 0 Å². The molecule has 222 valence electrons. The van der Waals surface area contributed by atoms with Gasteiger partial charge in [-0.15, -0.1) is 0 Å². The molecule has 1 N–H and O–H groups in total. The van der Waals surface area contributed by atoms with Gasteiger partial charge in [0.1, 0.15) is 6.10 Å². The largest absolute Gasteiger partial charge is 0.471 e. The van der Waals surface area contributed by atoms with E-state index in [0.29, 0.717) is 42.9 Å². The smallest absolute Gasteiger partial charge is 0.264 e. The molecule has 1 amide bonds. The highest BCUT2D eigenvalue weighted by molar-refractivity contribution is 7.92. The molecule has 1 saturated carbocycles. The average molecular weight is 590 g/mol. The summed E-state index contributed by atoms with van der Waals surface area (Å²) in [4.78, 5) is 27.1. The normalized spacial score (nSPS) is 24.2. The zero-order valence-corrected chi connectivity index (χ0v) is 25.7. The van der Waals surface area contributed by atoms with E-state index in [4.69, 9.17) is 4.74 Å². The molecular formula is C32H39N5O4S. The quantitative estimate of drug-likeness (QED) is 0.453. The second-order valence-corrected chi connectivity index (χ2v) is 14.7. The van der Waals surface area contributed by atoms with Gasteiger partial charge < -0.3 is 9.64 Å². The predicted octanol–water partition coefficient (Wildman–Crippen LogP) is 4.90. The number of ether oxygens (including phenoxy) is 1. The van der Waals surface area contributed by atoms with E-state index in [0.717, 1.165) is 36.1 Å². The standard InChI is InChI=1S/C32H39N5O4S/c1-20-8-6-9-21(2)29(20)27-17-28-34-31(33-27)35-42(39,40)26-11-7-10-22(14-26)30(38)37-13-12-36(18-25(19-37)41-28)24-15-23(16-24)32(3,4)5/h6-11,14,17,23-25H,12-13,15-16,18-19H2,1-5H3,(H,33,34,35)/t23?,24?,25-/m1/s1. The first-order chi connectivity index (χ1) is 19.9. The van der Waals surface area contributed by atoms with E-state index in [1.54, 1.807) is 23.1 Å². The third-order valence-corrected chi connectivity index (χ3v) is 10.3. The van der Waals surface area contributed by atoms with Crippen molar-refractivity contribution in [2.45, 2.75) is 64.5 Å². The number of fused-ring (bicyclic) bond motifs is 6. The summed E-state index contributed by atoms with van der Waals surface area (Å²) >= 11 is 0. The van der Waals surface area contributed by atoms with Crippen LogP contribution in [-0.2, 0) is 10.0 Å². The van der Waals surface area contributed by atoms with Crippen LogP contribution in [0.25, 0.3) is 11.3 Å². The van der Waals surface area contributed by atoms with E-state index in [2.05, 4.69) is 40.4 Å². The summed E-state index contributed by atoms with van der Waals surface area (Å²) in [6.45, 7) is 13.2. The van der Waals surface area contributed by atoms with E-state index < -0.39 is 10.0 Å². The third-order valence-electron chi connectivity index (χ3n) is 9.01. The molecule has 2 aliphatic heterocycles. The maximum Gasteiger partial charge on any atom is 0.264 e. The third kappa shape index (κ3) is 5.62. The van der Waals surface area contributed by atoms with Gasteiger partial charge in [-0.3, -0.25) is 9.69 Å². The number of anilines is 1. The van der Waals surface area contributed by atoms with Crippen LogP contribution in [0.1, 0.15) is 55.1 Å². The monoisotopic (exact) mass is 589 g/mol. The van der Waals surface area contributed by atoms with Crippen LogP contribution in [-0.4, -0.2) is 72.4 Å². The average Bonchev–Trinajstić information content (AvgIpc) is 3.08. The minimum absolute atomic E-state index is 0.0215. The van der Waals surface area contributed by atoms with Crippen molar-refractivity contribution in [1.29, 1.82) is 0 Å². The molecule has 2 fully saturated rings. The molecule has 42 heavy (non-hydrogen) atoms. The summed E-state index contributed by atoms with van der Waals surface area (Å²) in [6.07, 6.45) is 1.89. The second kappa shape index (κ2) is 10.6. The molecule has 10 heteroatoms. The van der Waals surface area contributed by atoms with Crippen molar-refractivity contribution in [2.24, 2.45) is 11.3 Å². The van der Waals surface area contributed by atoms with Gasteiger partial charge in [-0.1, -0.05) is 45.0 Å². The molecule has 6 rings (SSSR count). The number of aryl methyl sites for hydroxylation is 2. The Kier molecular flexibility index (Phi) is 7.25. The van der Waals surface area contributed by atoms with Gasteiger partial charge in [0.2, 0.25) is 11.8 Å². The number of nitrogens with one attached hydrogen (secondary N) is 1. The first kappa shape index (κ1) is 28.6. The molecule has 0 unspecified atom stereocenters. The van der Waals surface area contributed by atoms with Crippen molar-refractivity contribution in [1.82, 2.24) is 19.8 Å². The maximum atomic E-state index is 13.7. The Morgan fingerprint density at radius 2 is 1.67 bits per heavy atom. The maximum absolute atomic E-state index is 13.7. The first-order valence-electron chi connectivity index (χ1n) is 14.7. The molecule has 1 aliphatic carbocycles. The fraction of sp³-hybridized carbons (Fsp3) is 0.469. The van der Waals surface area contributed by atoms with Gasteiger partial charge >= 0.3 is 0 Å². The van der Waals surface area contributed by atoms with Crippen LogP contribution in [0.15, 0.2) is 53.4 Å². The molecular weight excluding hydrogens is 550 g/mol. The number of carbonyl (C=O) groups excluding carboxylic acids is 1. The van der Waals surface area contributed by atoms with Crippen LogP contribution in [0.4, 0.5) is 5.95 Å². The summed E-state index contributed by atoms with van der Waals surface area (Å²) in [5.41, 5.74) is 4.09. The Morgan fingerprint density at radius 1 is 0.952 bits per heavy atom. The minimum Gasteiger partial charge on any atom is -0.471 e. The number of sulfonamides is 1. The lowest BCUT2D eigenvalue weighted by Gasteiger charge is -2.48. The molecule has 0 radical (unpaired) electrons. The molecule has 3 aliphatic rings. The summed E-state index contributed by atoms with van der Waals surface area (Å²) < 4.78 is 36.0. The molecule has 0 spiro atoms. The van der Waals surface area contributed by atoms with E-state index in [9.17, 15) is 13.2 Å². The number of carbonyl (C=O) groups is 1. The van der Waals surface area contributed by atoms with Crippen molar-refractivity contribution in [3.05, 3.63) is 65.2 Å². The predicted molar refractivity (Wildman–Crippen MR) is 162 cm³/mol. The number of hydrogen-bond donors (Lipinski definition) is 1. The Hall–Kier alpha value is -3.50. The van der Waals surface area contributed by atoms with Crippen molar-refractivity contribution in [3.63, 3.8) is 0 Å². The number of hydrogen-bond acceptors (Lipinski definition) is 7. The lowest BCUT2D eigenvalue weighted by Crippen LogP contribution is -2.51. The van der Waals surface area contributed by atoms with Crippen LogP contribution in [0.5, 0.6) is 5.88 Å². The Morgan fingerprint density at radius 3 is 2.38 bits per heavy atom. The van der Waals surface area contributed by atoms with Gasteiger partial charge in [0.05, 0.1) is 17.1 Å². The first-order valence-corrected chi connectivity index (χ1v) is 16.1. The van der Waals surface area contributed by atoms with Gasteiger partial charge in [-0.05, 0) is 67.3 Å². The number of amides is 1. The van der Waals surface area contributed by atoms with Crippen LogP contribution in [0, 0.1) is 25.2 Å². The highest BCUT2D eigenvalue weighted by Gasteiger charge is 2.42. The van der Waals surface area contributed by atoms with Gasteiger partial charge in [-0.2, -0.15) is 4.98 Å². The van der Waals surface area contributed by atoms with Crippen molar-refractivity contribution in [2.75, 3.05) is 30.9 Å². The summed E-state index contributed by atoms with van der Waals surface area (Å²) in [5, 5.41) is 0. The lowest BCUT2D eigenvalue weighted by atomic mass is 9.65. The Bertz CT molecular complexity index is 1610. The summed E-state index contributed by atoms with van der Waals surface area (Å²) in [5.74, 6) is 0.653. The van der Waals surface area contributed by atoms with Crippen molar-refractivity contribution < 1.29 is 17.9 Å². The van der Waals surface area contributed by atoms with Gasteiger partial charge in [0.15, 0.2) is 0 Å². The number of benzene rings is 2. The summed E-state index contributed by atoms with van der Waals surface area (Å²) in [6, 6.07) is 14.4. The molecule has 3 heterocycles. The van der Waals surface area contributed by atoms with E-state index in [1.165, 1.54) is 12.1 Å². The van der Waals surface area contributed by atoms with Crippen molar-refractivity contribution in [3.8, 4) is 17.1 Å². The highest BCUT2D eigenvalue weighted by atomic mass is 32.2. The van der Waals surface area contributed by atoms with Crippen LogP contribution in [0.2, 0.25) is 0 Å². The molecule has 1 saturated heterocycles. The second-order valence-electron chi connectivity index (χ2n) is 13.0. The van der Waals surface area contributed by atoms with Gasteiger partial charge in [-0.25, -0.2) is 18.1 Å². The molecule has 1 aromatic heterocycles. The van der Waals surface area contributed by atoms with Crippen molar-refractivity contribution >= 4 is 21.9 Å². The molecule has 2 aromatic carbocycles. The Balaban J connectivity index is 1.42. The van der Waals surface area contributed by atoms with Crippen LogP contribution < -0.4 is 9.46 Å². The van der Waals surface area contributed by atoms with Gasteiger partial charge in [0, 0.05) is 42.9 Å². The number of aromatic nitrogens is 2. The van der Waals surface area contributed by atoms with E-state index in [1.807, 2.05) is 32.0 Å². The zero-order valence-electron chi connectivity index (χ0n) is 24.9. The molecule has 6 bridgehead atoms. The number of nitrogens with zero attached hydrogens (tertiary/aromatic N) is 4. The fourth-order valence-corrected chi connectivity index (χ4v) is 7.38. The molecule has 3 aromatic rings. The Labute approximate surface area is 248 Å². The minimum atomic E-state index is -4.07.